The monoisotopic (exact) mass is 167 g/mol. The van der Waals surface area contributed by atoms with Gasteiger partial charge in [0, 0.05) is 13.0 Å². The highest BCUT2D eigenvalue weighted by molar-refractivity contribution is 7.12. The lowest BCUT2D eigenvalue weighted by molar-refractivity contribution is 0.0987. The summed E-state index contributed by atoms with van der Waals surface area (Å²) in [6.45, 7) is 0.926. The Hall–Kier alpha value is -0.830. The normalized spacial score (nSPS) is 16.9. The van der Waals surface area contributed by atoms with Gasteiger partial charge in [-0.1, -0.05) is 0 Å². The molecule has 0 fully saturated rings. The van der Waals surface area contributed by atoms with E-state index in [1.54, 1.807) is 0 Å². The summed E-state index contributed by atoms with van der Waals surface area (Å²) in [6, 6.07) is 1.98. The van der Waals surface area contributed by atoms with Crippen LogP contribution in [0.4, 0.5) is 5.69 Å². The van der Waals surface area contributed by atoms with Crippen LogP contribution in [0.5, 0.6) is 0 Å². The molecule has 58 valence electrons. The van der Waals surface area contributed by atoms with Crippen molar-refractivity contribution in [3.05, 3.63) is 16.3 Å². The predicted octanol–water partition coefficient (Wildman–Crippen LogP) is 2.14. The van der Waals surface area contributed by atoms with E-state index in [2.05, 4.69) is 5.32 Å². The highest BCUT2D eigenvalue weighted by Gasteiger charge is 2.15. The summed E-state index contributed by atoms with van der Waals surface area (Å²) in [4.78, 5) is 12.2. The summed E-state index contributed by atoms with van der Waals surface area (Å²) < 4.78 is 0. The Morgan fingerprint density at radius 1 is 1.55 bits per heavy atom. The zero-order chi connectivity index (χ0) is 7.68. The summed E-state index contributed by atoms with van der Waals surface area (Å²) in [5, 5.41) is 5.18. The molecule has 1 aliphatic heterocycles. The number of hydrogen-bond donors (Lipinski definition) is 1. The van der Waals surface area contributed by atoms with E-state index in [4.69, 9.17) is 0 Å². The van der Waals surface area contributed by atoms with Crippen LogP contribution < -0.4 is 5.32 Å². The minimum Gasteiger partial charge on any atom is -0.384 e. The first kappa shape index (κ1) is 6.85. The number of carbonyl (C=O) groups excluding carboxylic acids is 1. The predicted molar refractivity (Wildman–Crippen MR) is 46.4 cm³/mol. The zero-order valence-corrected chi connectivity index (χ0v) is 6.91. The van der Waals surface area contributed by atoms with Crippen LogP contribution in [0.3, 0.4) is 0 Å². The molecule has 1 N–H and O–H groups in total. The number of Topliss-reactive ketones (excluding diaryl/α,β-unsaturated/α-hetero) is 1. The third-order valence-corrected chi connectivity index (χ3v) is 2.77. The van der Waals surface area contributed by atoms with Crippen LogP contribution >= 0.6 is 11.3 Å². The minimum atomic E-state index is 0.292. The van der Waals surface area contributed by atoms with E-state index in [1.165, 1.54) is 11.3 Å². The molecule has 0 aliphatic carbocycles. The molecule has 1 aromatic heterocycles. The van der Waals surface area contributed by atoms with Gasteiger partial charge in [0.25, 0.3) is 0 Å². The molecule has 1 aliphatic rings. The van der Waals surface area contributed by atoms with Crippen LogP contribution in [0, 0.1) is 0 Å². The molecule has 2 nitrogen and oxygen atoms in total. The lowest BCUT2D eigenvalue weighted by Crippen LogP contribution is -1.97. The van der Waals surface area contributed by atoms with Crippen LogP contribution in [-0.4, -0.2) is 12.3 Å². The fourth-order valence-corrected chi connectivity index (χ4v) is 2.09. The van der Waals surface area contributed by atoms with Crippen LogP contribution in [-0.2, 0) is 0 Å². The first-order chi connectivity index (χ1) is 5.38. The second kappa shape index (κ2) is 2.66. The van der Waals surface area contributed by atoms with E-state index in [1.807, 2.05) is 11.4 Å². The second-order valence-electron chi connectivity index (χ2n) is 2.62. The highest BCUT2D eigenvalue weighted by atomic mass is 32.1. The molecule has 0 bridgehead atoms. The SMILES string of the molecule is O=C1CCCNc2ccsc21. The molecule has 0 spiro atoms. The molecule has 0 unspecified atom stereocenters. The lowest BCUT2D eigenvalue weighted by atomic mass is 10.2. The molecule has 2 rings (SSSR count). The molecular weight excluding hydrogens is 158 g/mol. The van der Waals surface area contributed by atoms with Gasteiger partial charge in [-0.25, -0.2) is 0 Å². The number of nitrogens with one attached hydrogen (secondary N) is 1. The first-order valence-corrected chi connectivity index (χ1v) is 4.60. The molecule has 0 atom stereocenters. The van der Waals surface area contributed by atoms with Crippen molar-refractivity contribution in [3.63, 3.8) is 0 Å². The second-order valence-corrected chi connectivity index (χ2v) is 3.53. The molecule has 0 amide bonds. The third-order valence-electron chi connectivity index (χ3n) is 1.81. The van der Waals surface area contributed by atoms with E-state index in [0.29, 0.717) is 12.2 Å². The number of hydrogen-bond acceptors (Lipinski definition) is 3. The van der Waals surface area contributed by atoms with E-state index in [0.717, 1.165) is 23.5 Å². The molecule has 3 heteroatoms. The quantitative estimate of drug-likeness (QED) is 0.641. The Morgan fingerprint density at radius 2 is 2.45 bits per heavy atom. The van der Waals surface area contributed by atoms with Gasteiger partial charge in [0.15, 0.2) is 5.78 Å². The van der Waals surface area contributed by atoms with E-state index < -0.39 is 0 Å². The van der Waals surface area contributed by atoms with Gasteiger partial charge in [-0.15, -0.1) is 11.3 Å². The average Bonchev–Trinajstić information content (AvgIpc) is 2.40. The number of thiophene rings is 1. The smallest absolute Gasteiger partial charge is 0.174 e. The average molecular weight is 167 g/mol. The van der Waals surface area contributed by atoms with E-state index in [-0.39, 0.29) is 0 Å². The summed E-state index contributed by atoms with van der Waals surface area (Å²) in [6.07, 6.45) is 1.65. The zero-order valence-electron chi connectivity index (χ0n) is 6.09. The molecular formula is C8H9NOS. The maximum Gasteiger partial charge on any atom is 0.174 e. The summed E-state index contributed by atoms with van der Waals surface area (Å²) in [5.74, 6) is 0.292. The Balaban J connectivity index is 2.41. The van der Waals surface area contributed by atoms with Gasteiger partial charge in [-0.05, 0) is 17.9 Å². The number of ketones is 1. The van der Waals surface area contributed by atoms with Gasteiger partial charge in [0.05, 0.1) is 10.6 Å². The van der Waals surface area contributed by atoms with Crippen molar-refractivity contribution >= 4 is 22.8 Å². The summed E-state index contributed by atoms with van der Waals surface area (Å²) in [7, 11) is 0. The molecule has 0 radical (unpaired) electrons. The Kier molecular flexibility index (Phi) is 1.66. The van der Waals surface area contributed by atoms with Crippen molar-refractivity contribution in [2.24, 2.45) is 0 Å². The Morgan fingerprint density at radius 3 is 3.36 bits per heavy atom. The Labute approximate surface area is 69.2 Å². The van der Waals surface area contributed by atoms with Gasteiger partial charge in [-0.2, -0.15) is 0 Å². The maximum atomic E-state index is 11.3. The lowest BCUT2D eigenvalue weighted by Gasteiger charge is -1.97. The fourth-order valence-electron chi connectivity index (χ4n) is 1.25. The number of carbonyl (C=O) groups is 1. The largest absolute Gasteiger partial charge is 0.384 e. The molecule has 2 heterocycles. The van der Waals surface area contributed by atoms with Crippen molar-refractivity contribution in [1.82, 2.24) is 0 Å². The molecule has 0 saturated heterocycles. The van der Waals surface area contributed by atoms with Gasteiger partial charge in [0.1, 0.15) is 0 Å². The van der Waals surface area contributed by atoms with Crippen molar-refractivity contribution in [2.45, 2.75) is 12.8 Å². The van der Waals surface area contributed by atoms with Gasteiger partial charge >= 0.3 is 0 Å². The topological polar surface area (TPSA) is 29.1 Å². The van der Waals surface area contributed by atoms with Gasteiger partial charge in [0.2, 0.25) is 0 Å². The number of fused-ring (bicyclic) bond motifs is 1. The van der Waals surface area contributed by atoms with Crippen LogP contribution in [0.25, 0.3) is 0 Å². The van der Waals surface area contributed by atoms with Gasteiger partial charge in [-0.3, -0.25) is 4.79 Å². The minimum absolute atomic E-state index is 0.292. The fraction of sp³-hybridized carbons (Fsp3) is 0.375. The third kappa shape index (κ3) is 1.16. The maximum absolute atomic E-state index is 11.3. The van der Waals surface area contributed by atoms with Crippen molar-refractivity contribution in [1.29, 1.82) is 0 Å². The first-order valence-electron chi connectivity index (χ1n) is 3.72. The van der Waals surface area contributed by atoms with E-state index >= 15 is 0 Å². The van der Waals surface area contributed by atoms with Crippen molar-refractivity contribution in [2.75, 3.05) is 11.9 Å². The molecule has 1 aromatic rings. The number of anilines is 1. The highest BCUT2D eigenvalue weighted by Crippen LogP contribution is 2.26. The summed E-state index contributed by atoms with van der Waals surface area (Å²) in [5.41, 5.74) is 1.03. The van der Waals surface area contributed by atoms with E-state index in [9.17, 15) is 4.79 Å². The summed E-state index contributed by atoms with van der Waals surface area (Å²) >= 11 is 1.53. The molecule has 0 aromatic carbocycles. The molecule has 11 heavy (non-hydrogen) atoms. The standard InChI is InChI=1S/C8H9NOS/c10-7-2-1-4-9-6-3-5-11-8(6)7/h3,5,9H,1-2,4H2. The Bertz CT molecular complexity index is 279. The van der Waals surface area contributed by atoms with Crippen molar-refractivity contribution in [3.8, 4) is 0 Å². The van der Waals surface area contributed by atoms with Gasteiger partial charge < -0.3 is 5.32 Å². The van der Waals surface area contributed by atoms with Crippen LogP contribution in [0.2, 0.25) is 0 Å². The molecule has 0 saturated carbocycles. The van der Waals surface area contributed by atoms with Crippen molar-refractivity contribution < 1.29 is 4.79 Å². The number of rotatable bonds is 0. The van der Waals surface area contributed by atoms with Crippen LogP contribution in [0.1, 0.15) is 22.5 Å². The van der Waals surface area contributed by atoms with Crippen LogP contribution in [0.15, 0.2) is 11.4 Å².